The fraction of sp³-hybridized carbons (Fsp3) is 0.500. The van der Waals surface area contributed by atoms with E-state index in [1.165, 1.54) is 11.8 Å². The van der Waals surface area contributed by atoms with Crippen LogP contribution < -0.4 is 3.89 Å². The molecule has 160 valence electrons. The van der Waals surface area contributed by atoms with E-state index in [1.807, 2.05) is 31.4 Å². The summed E-state index contributed by atoms with van der Waals surface area (Å²) in [5.74, 6) is -0.412. The van der Waals surface area contributed by atoms with E-state index in [-0.39, 0.29) is 39.8 Å². The Balaban J connectivity index is 2.43. The maximum atomic E-state index is 12.8. The Bertz CT molecular complexity index is 864. The number of oxime groups is 1. The quantitative estimate of drug-likeness (QED) is 0.217. The van der Waals surface area contributed by atoms with Gasteiger partial charge in [0, 0.05) is 18.9 Å². The first-order valence-electron chi connectivity index (χ1n) is 9.44. The molecule has 7 nitrogen and oxygen atoms in total. The molecule has 0 saturated carbocycles. The summed E-state index contributed by atoms with van der Waals surface area (Å²) in [4.78, 5) is 18.7. The number of benzene rings is 1. The van der Waals surface area contributed by atoms with Crippen molar-refractivity contribution in [3.63, 3.8) is 0 Å². The van der Waals surface area contributed by atoms with Crippen LogP contribution >= 0.6 is 11.8 Å². The zero-order chi connectivity index (χ0) is 21.8. The summed E-state index contributed by atoms with van der Waals surface area (Å²) in [6, 6.07) is 5.60. The van der Waals surface area contributed by atoms with Crippen LogP contribution in [0.25, 0.3) is 0 Å². The van der Waals surface area contributed by atoms with E-state index < -0.39 is 11.3 Å². The van der Waals surface area contributed by atoms with Gasteiger partial charge >= 0.3 is 0 Å². The predicted octanol–water partition coefficient (Wildman–Crippen LogP) is 3.83. The van der Waals surface area contributed by atoms with Gasteiger partial charge < -0.3 is 14.5 Å². The van der Waals surface area contributed by atoms with E-state index in [0.717, 1.165) is 10.5 Å². The van der Waals surface area contributed by atoms with Gasteiger partial charge in [0.25, 0.3) is 0 Å². The number of aliphatic hydroxyl groups excluding tert-OH is 1. The van der Waals surface area contributed by atoms with Gasteiger partial charge in [-0.15, -0.1) is 11.8 Å². The van der Waals surface area contributed by atoms with E-state index in [0.29, 0.717) is 24.4 Å². The monoisotopic (exact) mass is 440 g/mol. The first kappa shape index (κ1) is 23.6. The molecule has 0 fully saturated rings. The number of hydrogen-bond donors (Lipinski definition) is 1. The standard InChI is InChI=1S/C20H28N2O5S2/c1-6-15(21-27-7-2)20-17(23)11-14(12-18(20)24)13-8-9-19(28-5)16(10-13)22(3,4)29(25)26/h8-10,14H,6-7,11-12H2,1-5H3,(H-,21,23,24,25,26). The average molecular weight is 441 g/mol. The van der Waals surface area contributed by atoms with Crippen molar-refractivity contribution in [3.05, 3.63) is 35.1 Å². The number of ketones is 1. The van der Waals surface area contributed by atoms with Crippen molar-refractivity contribution in [2.75, 3.05) is 27.0 Å². The highest BCUT2D eigenvalue weighted by molar-refractivity contribution is 7.98. The fourth-order valence-electron chi connectivity index (χ4n) is 3.35. The normalized spacial score (nSPS) is 19.4. The number of carbonyl (C=O) groups excluding carboxylic acids is 1. The minimum absolute atomic E-state index is 0.00296. The molecule has 29 heavy (non-hydrogen) atoms. The third-order valence-corrected chi connectivity index (χ3v) is 6.72. The lowest BCUT2D eigenvalue weighted by molar-refractivity contribution is -0.116. The SMILES string of the molecule is CCON=C(CC)C1=C(O)CC(c2ccc(SC)c([N+](C)(C)S(=O)[O-])c2)CC1=O. The van der Waals surface area contributed by atoms with E-state index in [9.17, 15) is 18.7 Å². The second-order valence-electron chi connectivity index (χ2n) is 7.16. The predicted molar refractivity (Wildman–Crippen MR) is 117 cm³/mol. The molecule has 0 amide bonds. The third-order valence-electron chi connectivity index (χ3n) is 4.99. The van der Waals surface area contributed by atoms with Crippen LogP contribution in [0.2, 0.25) is 0 Å². The molecule has 1 aliphatic rings. The summed E-state index contributed by atoms with van der Waals surface area (Å²) in [7, 11) is 3.20. The molecule has 0 radical (unpaired) electrons. The minimum atomic E-state index is -2.36. The van der Waals surface area contributed by atoms with Crippen LogP contribution in [0.5, 0.6) is 0 Å². The van der Waals surface area contributed by atoms with Gasteiger partial charge in [-0.3, -0.25) is 4.79 Å². The lowest BCUT2D eigenvalue weighted by atomic mass is 9.81. The number of quaternary nitrogens is 1. The van der Waals surface area contributed by atoms with Crippen molar-refractivity contribution in [1.82, 2.24) is 3.89 Å². The number of allylic oxidation sites excluding steroid dienone is 2. The second-order valence-corrected chi connectivity index (χ2v) is 9.35. The Hall–Kier alpha value is -1.68. The van der Waals surface area contributed by atoms with Crippen LogP contribution in [0.1, 0.15) is 44.6 Å². The molecule has 1 aromatic rings. The Labute approximate surface area is 178 Å². The molecular formula is C20H28N2O5S2. The van der Waals surface area contributed by atoms with E-state index in [1.54, 1.807) is 21.0 Å². The maximum Gasteiger partial charge on any atom is 0.168 e. The Morgan fingerprint density at radius 3 is 2.59 bits per heavy atom. The zero-order valence-corrected chi connectivity index (χ0v) is 19.1. The Morgan fingerprint density at radius 2 is 2.07 bits per heavy atom. The van der Waals surface area contributed by atoms with E-state index in [2.05, 4.69) is 5.16 Å². The molecule has 0 heterocycles. The van der Waals surface area contributed by atoms with Gasteiger partial charge in [0.05, 0.1) is 30.3 Å². The molecule has 1 aliphatic carbocycles. The largest absolute Gasteiger partial charge is 0.724 e. The second kappa shape index (κ2) is 9.88. The van der Waals surface area contributed by atoms with Gasteiger partial charge in [0.15, 0.2) is 22.7 Å². The average Bonchev–Trinajstić information content (AvgIpc) is 2.69. The molecule has 0 spiro atoms. The highest BCUT2D eigenvalue weighted by atomic mass is 32.2. The molecule has 0 bridgehead atoms. The van der Waals surface area contributed by atoms with Crippen molar-refractivity contribution in [1.29, 1.82) is 0 Å². The Kier molecular flexibility index (Phi) is 8.04. The highest BCUT2D eigenvalue weighted by Gasteiger charge is 2.33. The smallest absolute Gasteiger partial charge is 0.168 e. The van der Waals surface area contributed by atoms with Crippen molar-refractivity contribution >= 4 is 40.2 Å². The summed E-state index contributed by atoms with van der Waals surface area (Å²) in [5.41, 5.74) is 2.16. The third kappa shape index (κ3) is 5.09. The first-order valence-corrected chi connectivity index (χ1v) is 11.7. The van der Waals surface area contributed by atoms with E-state index in [4.69, 9.17) is 4.84 Å². The Morgan fingerprint density at radius 1 is 1.38 bits per heavy atom. The van der Waals surface area contributed by atoms with Crippen molar-refractivity contribution in [2.24, 2.45) is 5.16 Å². The minimum Gasteiger partial charge on any atom is -0.724 e. The van der Waals surface area contributed by atoms with Gasteiger partial charge in [0.1, 0.15) is 12.4 Å². The van der Waals surface area contributed by atoms with Gasteiger partial charge in [-0.2, -0.15) is 0 Å². The molecule has 0 saturated heterocycles. The van der Waals surface area contributed by atoms with Crippen molar-refractivity contribution in [3.8, 4) is 0 Å². The van der Waals surface area contributed by atoms with Crippen LogP contribution in [-0.2, 0) is 20.9 Å². The van der Waals surface area contributed by atoms with Crippen LogP contribution in [0.15, 0.2) is 39.6 Å². The summed E-state index contributed by atoms with van der Waals surface area (Å²) < 4.78 is 23.2. The lowest BCUT2D eigenvalue weighted by Gasteiger charge is -2.32. The fourth-order valence-corrected chi connectivity index (χ4v) is 4.42. The highest BCUT2D eigenvalue weighted by Crippen LogP contribution is 2.39. The first-order chi connectivity index (χ1) is 13.7. The van der Waals surface area contributed by atoms with Gasteiger partial charge in [-0.1, -0.05) is 18.1 Å². The summed E-state index contributed by atoms with van der Waals surface area (Å²) in [5, 5.41) is 14.6. The molecular weight excluding hydrogens is 412 g/mol. The van der Waals surface area contributed by atoms with Crippen molar-refractivity contribution in [2.45, 2.75) is 43.9 Å². The van der Waals surface area contributed by atoms with Gasteiger partial charge in [0.2, 0.25) is 0 Å². The molecule has 2 atom stereocenters. The maximum absolute atomic E-state index is 12.8. The van der Waals surface area contributed by atoms with Crippen LogP contribution in [0.4, 0.5) is 5.69 Å². The summed E-state index contributed by atoms with van der Waals surface area (Å²) in [6.45, 7) is 4.04. The molecule has 0 aromatic heterocycles. The summed E-state index contributed by atoms with van der Waals surface area (Å²) >= 11 is -0.897. The molecule has 9 heteroatoms. The lowest BCUT2D eigenvalue weighted by Crippen LogP contribution is -2.42. The molecule has 1 aromatic carbocycles. The number of carbonyl (C=O) groups is 1. The van der Waals surface area contributed by atoms with Crippen molar-refractivity contribution < 1.29 is 23.5 Å². The van der Waals surface area contributed by atoms with E-state index >= 15 is 0 Å². The molecule has 1 N–H and O–H groups in total. The topological polar surface area (TPSA) is 99.0 Å². The molecule has 0 aliphatic heterocycles. The summed E-state index contributed by atoms with van der Waals surface area (Å²) in [6.07, 6.45) is 2.87. The van der Waals surface area contributed by atoms with Gasteiger partial charge in [-0.25, -0.2) is 8.10 Å². The number of nitrogens with zero attached hydrogens (tertiary/aromatic N) is 2. The number of Topliss-reactive ketones (excluding diaryl/α,β-unsaturated/α-hetero) is 1. The van der Waals surface area contributed by atoms with Crippen LogP contribution in [-0.4, -0.2) is 52.3 Å². The molecule has 2 rings (SSSR count). The molecule has 2 unspecified atom stereocenters. The van der Waals surface area contributed by atoms with Crippen LogP contribution in [0.3, 0.4) is 0 Å². The zero-order valence-electron chi connectivity index (χ0n) is 17.4. The number of thioether (sulfide) groups is 1. The number of aliphatic hydroxyl groups is 1. The van der Waals surface area contributed by atoms with Crippen LogP contribution in [0, 0.1) is 0 Å². The number of rotatable bonds is 8. The number of hydrogen-bond acceptors (Lipinski definition) is 7. The van der Waals surface area contributed by atoms with Gasteiger partial charge in [-0.05, 0) is 37.1 Å².